The second-order valence-corrected chi connectivity index (χ2v) is 5.13. The van der Waals surface area contributed by atoms with Crippen molar-refractivity contribution in [1.82, 2.24) is 10.2 Å². The molecule has 0 aliphatic carbocycles. The number of nitrogens with zero attached hydrogens (tertiary/aromatic N) is 1. The Labute approximate surface area is 110 Å². The van der Waals surface area contributed by atoms with E-state index in [9.17, 15) is 9.59 Å². The standard InChI is InChI=1S/C14H26N2O2/c1-5-8-9-10(4)16-12(7-3)13(17)15-11(6-2)14(16)18/h10-12H,5-9H2,1-4H3,(H,15,17). The molecule has 0 bridgehead atoms. The molecule has 1 N–H and O–H groups in total. The van der Waals surface area contributed by atoms with Gasteiger partial charge >= 0.3 is 0 Å². The number of carbonyl (C=O) groups excluding carboxylic acids is 2. The van der Waals surface area contributed by atoms with Gasteiger partial charge in [-0.2, -0.15) is 0 Å². The third-order valence-electron chi connectivity index (χ3n) is 3.75. The molecule has 0 radical (unpaired) electrons. The van der Waals surface area contributed by atoms with Crippen LogP contribution >= 0.6 is 0 Å². The quantitative estimate of drug-likeness (QED) is 0.789. The van der Waals surface area contributed by atoms with Crippen molar-refractivity contribution in [2.45, 2.75) is 77.9 Å². The molecule has 0 aromatic heterocycles. The zero-order valence-electron chi connectivity index (χ0n) is 12.0. The van der Waals surface area contributed by atoms with E-state index in [4.69, 9.17) is 0 Å². The van der Waals surface area contributed by atoms with Gasteiger partial charge in [0.25, 0.3) is 0 Å². The lowest BCUT2D eigenvalue weighted by atomic mass is 9.99. The number of unbranched alkanes of at least 4 members (excludes halogenated alkanes) is 1. The summed E-state index contributed by atoms with van der Waals surface area (Å²) in [6, 6.07) is -0.459. The van der Waals surface area contributed by atoms with E-state index in [0.29, 0.717) is 12.8 Å². The van der Waals surface area contributed by atoms with Crippen LogP contribution in [0.1, 0.15) is 59.8 Å². The van der Waals surface area contributed by atoms with Crippen molar-refractivity contribution in [3.8, 4) is 0 Å². The molecule has 4 nitrogen and oxygen atoms in total. The Hall–Kier alpha value is -1.06. The predicted octanol–water partition coefficient (Wildman–Crippen LogP) is 2.08. The number of hydrogen-bond donors (Lipinski definition) is 1. The first-order chi connectivity index (χ1) is 8.56. The number of rotatable bonds is 6. The molecule has 104 valence electrons. The van der Waals surface area contributed by atoms with Gasteiger partial charge in [0.2, 0.25) is 11.8 Å². The van der Waals surface area contributed by atoms with Crippen LogP contribution in [0.25, 0.3) is 0 Å². The molecule has 4 heteroatoms. The van der Waals surface area contributed by atoms with Gasteiger partial charge in [-0.3, -0.25) is 9.59 Å². The molecule has 0 aromatic carbocycles. The summed E-state index contributed by atoms with van der Waals surface area (Å²) in [6.07, 6.45) is 4.54. The lowest BCUT2D eigenvalue weighted by molar-refractivity contribution is -0.152. The van der Waals surface area contributed by atoms with Crippen LogP contribution in [0.5, 0.6) is 0 Å². The minimum Gasteiger partial charge on any atom is -0.343 e. The highest BCUT2D eigenvalue weighted by Gasteiger charge is 2.40. The van der Waals surface area contributed by atoms with E-state index in [1.54, 1.807) is 0 Å². The normalized spacial score (nSPS) is 26.1. The molecule has 0 aromatic rings. The minimum atomic E-state index is -0.329. The minimum absolute atomic E-state index is 0.00676. The fraction of sp³-hybridized carbons (Fsp3) is 0.857. The van der Waals surface area contributed by atoms with E-state index in [1.165, 1.54) is 0 Å². The molecule has 3 atom stereocenters. The topological polar surface area (TPSA) is 49.4 Å². The largest absolute Gasteiger partial charge is 0.343 e. The summed E-state index contributed by atoms with van der Waals surface area (Å²) in [5.74, 6) is 0.0971. The fourth-order valence-corrected chi connectivity index (χ4v) is 2.61. The van der Waals surface area contributed by atoms with Crippen LogP contribution < -0.4 is 5.32 Å². The Kier molecular flexibility index (Phi) is 5.63. The zero-order chi connectivity index (χ0) is 13.7. The van der Waals surface area contributed by atoms with Crippen LogP contribution in [-0.4, -0.2) is 34.8 Å². The van der Waals surface area contributed by atoms with Gasteiger partial charge in [-0.15, -0.1) is 0 Å². The lowest BCUT2D eigenvalue weighted by Crippen LogP contribution is -2.65. The average molecular weight is 254 g/mol. The van der Waals surface area contributed by atoms with Crippen molar-refractivity contribution in [3.05, 3.63) is 0 Å². The van der Waals surface area contributed by atoms with Crippen LogP contribution in [0, 0.1) is 0 Å². The van der Waals surface area contributed by atoms with Crippen LogP contribution in [0.2, 0.25) is 0 Å². The number of amides is 2. The van der Waals surface area contributed by atoms with E-state index < -0.39 is 0 Å². The smallest absolute Gasteiger partial charge is 0.246 e. The zero-order valence-corrected chi connectivity index (χ0v) is 12.0. The van der Waals surface area contributed by atoms with Crippen LogP contribution in [0.15, 0.2) is 0 Å². The highest BCUT2D eigenvalue weighted by atomic mass is 16.2. The number of nitrogens with one attached hydrogen (secondary N) is 1. The summed E-state index contributed by atoms with van der Waals surface area (Å²) < 4.78 is 0. The molecule has 0 saturated carbocycles. The monoisotopic (exact) mass is 254 g/mol. The van der Waals surface area contributed by atoms with Gasteiger partial charge in [0.15, 0.2) is 0 Å². The third kappa shape index (κ3) is 3.03. The second kappa shape index (κ2) is 6.76. The second-order valence-electron chi connectivity index (χ2n) is 5.13. The van der Waals surface area contributed by atoms with E-state index in [1.807, 2.05) is 18.7 Å². The van der Waals surface area contributed by atoms with Crippen molar-refractivity contribution in [1.29, 1.82) is 0 Å². The van der Waals surface area contributed by atoms with Gasteiger partial charge in [0, 0.05) is 6.04 Å². The van der Waals surface area contributed by atoms with Crippen LogP contribution in [-0.2, 0) is 9.59 Å². The Morgan fingerprint density at radius 1 is 1.22 bits per heavy atom. The van der Waals surface area contributed by atoms with E-state index in [2.05, 4.69) is 19.2 Å². The van der Waals surface area contributed by atoms with E-state index in [-0.39, 0.29) is 29.9 Å². The maximum atomic E-state index is 12.4. The maximum Gasteiger partial charge on any atom is 0.246 e. The summed E-state index contributed by atoms with van der Waals surface area (Å²) in [4.78, 5) is 26.2. The lowest BCUT2D eigenvalue weighted by Gasteiger charge is -2.42. The first-order valence-corrected chi connectivity index (χ1v) is 7.19. The van der Waals surface area contributed by atoms with Crippen LogP contribution in [0.4, 0.5) is 0 Å². The highest BCUT2D eigenvalue weighted by molar-refractivity contribution is 5.97. The summed E-state index contributed by atoms with van der Waals surface area (Å²) in [7, 11) is 0. The predicted molar refractivity (Wildman–Crippen MR) is 72.1 cm³/mol. The maximum absolute atomic E-state index is 12.4. The van der Waals surface area contributed by atoms with Gasteiger partial charge in [0.05, 0.1) is 0 Å². The summed E-state index contributed by atoms with van der Waals surface area (Å²) in [5, 5.41) is 2.83. The fourth-order valence-electron chi connectivity index (χ4n) is 2.61. The molecule has 1 rings (SSSR count). The number of carbonyl (C=O) groups is 2. The van der Waals surface area contributed by atoms with E-state index in [0.717, 1.165) is 19.3 Å². The molecule has 1 aliphatic heterocycles. The molecular weight excluding hydrogens is 228 g/mol. The van der Waals surface area contributed by atoms with Gasteiger partial charge in [-0.1, -0.05) is 33.6 Å². The van der Waals surface area contributed by atoms with Gasteiger partial charge < -0.3 is 10.2 Å². The Morgan fingerprint density at radius 3 is 2.39 bits per heavy atom. The number of hydrogen-bond acceptors (Lipinski definition) is 2. The van der Waals surface area contributed by atoms with Crippen molar-refractivity contribution in [2.75, 3.05) is 0 Å². The van der Waals surface area contributed by atoms with Crippen molar-refractivity contribution >= 4 is 11.8 Å². The van der Waals surface area contributed by atoms with E-state index >= 15 is 0 Å². The average Bonchev–Trinajstić information content (AvgIpc) is 2.37. The summed E-state index contributed by atoms with van der Waals surface area (Å²) in [6.45, 7) is 8.10. The molecule has 3 unspecified atom stereocenters. The molecule has 18 heavy (non-hydrogen) atoms. The highest BCUT2D eigenvalue weighted by Crippen LogP contribution is 2.20. The third-order valence-corrected chi connectivity index (χ3v) is 3.75. The molecular formula is C14H26N2O2. The molecule has 0 spiro atoms. The molecule has 2 amide bonds. The van der Waals surface area contributed by atoms with Crippen molar-refractivity contribution < 1.29 is 9.59 Å². The van der Waals surface area contributed by atoms with Gasteiger partial charge in [-0.25, -0.2) is 0 Å². The molecule has 1 heterocycles. The molecule has 1 saturated heterocycles. The molecule has 1 aliphatic rings. The van der Waals surface area contributed by atoms with Gasteiger partial charge in [0.1, 0.15) is 12.1 Å². The SMILES string of the molecule is CCCCC(C)N1C(=O)C(CC)NC(=O)C1CC. The Bertz CT molecular complexity index is 304. The summed E-state index contributed by atoms with van der Waals surface area (Å²) in [5.41, 5.74) is 0. The van der Waals surface area contributed by atoms with Crippen molar-refractivity contribution in [3.63, 3.8) is 0 Å². The Morgan fingerprint density at radius 2 is 1.89 bits per heavy atom. The molecule has 1 fully saturated rings. The summed E-state index contributed by atoms with van der Waals surface area (Å²) >= 11 is 0. The number of piperazine rings is 1. The van der Waals surface area contributed by atoms with Crippen LogP contribution in [0.3, 0.4) is 0 Å². The Balaban J connectivity index is 2.85. The van der Waals surface area contributed by atoms with Gasteiger partial charge in [-0.05, 0) is 26.2 Å². The van der Waals surface area contributed by atoms with Crippen molar-refractivity contribution in [2.24, 2.45) is 0 Å². The first kappa shape index (κ1) is 15.0. The first-order valence-electron chi connectivity index (χ1n) is 7.19.